The van der Waals surface area contributed by atoms with E-state index in [4.69, 9.17) is 0 Å². The van der Waals surface area contributed by atoms with Gasteiger partial charge in [-0.1, -0.05) is 24.8 Å². The van der Waals surface area contributed by atoms with Gasteiger partial charge in [-0.3, -0.25) is 0 Å². The van der Waals surface area contributed by atoms with Crippen LogP contribution in [0.25, 0.3) is 0 Å². The third-order valence-electron chi connectivity index (χ3n) is 4.56. The summed E-state index contributed by atoms with van der Waals surface area (Å²) in [5, 5.41) is 0. The van der Waals surface area contributed by atoms with Crippen molar-refractivity contribution in [2.75, 3.05) is 5.75 Å². The number of benzene rings is 1. The minimum Gasteiger partial charge on any atom is -0.206 e. The first-order valence-electron chi connectivity index (χ1n) is 7.65. The van der Waals surface area contributed by atoms with E-state index in [1.807, 2.05) is 0 Å². The molecule has 3 nitrogen and oxygen atoms in total. The van der Waals surface area contributed by atoms with Gasteiger partial charge in [0.15, 0.2) is 0 Å². The maximum atomic E-state index is 12.8. The molecule has 0 N–H and O–H groups in total. The number of nitrogens with zero attached hydrogens (tertiary/aromatic N) is 1. The van der Waals surface area contributed by atoms with Crippen LogP contribution >= 0.6 is 11.9 Å². The van der Waals surface area contributed by atoms with Crippen molar-refractivity contribution in [3.05, 3.63) is 29.8 Å². The van der Waals surface area contributed by atoms with Crippen LogP contribution in [0.1, 0.15) is 37.7 Å². The van der Waals surface area contributed by atoms with E-state index in [1.54, 1.807) is 0 Å². The summed E-state index contributed by atoms with van der Waals surface area (Å²) in [5.41, 5.74) is -0.835. The van der Waals surface area contributed by atoms with E-state index in [9.17, 15) is 21.6 Å². The molecule has 0 bridgehead atoms. The summed E-state index contributed by atoms with van der Waals surface area (Å²) in [6.45, 7) is 0. The Morgan fingerprint density at radius 2 is 1.70 bits per heavy atom. The highest BCUT2D eigenvalue weighted by molar-refractivity contribution is 8.08. The Labute approximate surface area is 138 Å². The van der Waals surface area contributed by atoms with Gasteiger partial charge in [0.25, 0.3) is 10.0 Å². The van der Waals surface area contributed by atoms with Gasteiger partial charge in [0.2, 0.25) is 0 Å². The van der Waals surface area contributed by atoms with Gasteiger partial charge in [-0.05, 0) is 49.4 Å². The molecular formula is C15H18F3NO2S2. The highest BCUT2D eigenvalue weighted by Gasteiger charge is 2.41. The lowest BCUT2D eigenvalue weighted by atomic mass is 9.83. The molecule has 1 aromatic carbocycles. The molecule has 8 heteroatoms. The van der Waals surface area contributed by atoms with Crippen LogP contribution in [0.3, 0.4) is 0 Å². The molecule has 2 aliphatic rings. The molecule has 1 heterocycles. The number of alkyl halides is 3. The van der Waals surface area contributed by atoms with Gasteiger partial charge in [0, 0.05) is 11.8 Å². The van der Waals surface area contributed by atoms with Crippen LogP contribution < -0.4 is 0 Å². The Hall–Kier alpha value is -0.730. The van der Waals surface area contributed by atoms with Crippen LogP contribution in [0.5, 0.6) is 0 Å². The summed E-state index contributed by atoms with van der Waals surface area (Å²) in [6.07, 6.45) is 0.535. The van der Waals surface area contributed by atoms with Crippen LogP contribution in [0.2, 0.25) is 0 Å². The zero-order valence-corrected chi connectivity index (χ0v) is 14.1. The number of halogens is 3. The average Bonchev–Trinajstić information content (AvgIpc) is 2.53. The number of sulfonamides is 1. The number of rotatable bonds is 2. The Morgan fingerprint density at radius 1 is 1.04 bits per heavy atom. The lowest BCUT2D eigenvalue weighted by Gasteiger charge is -2.42. The maximum Gasteiger partial charge on any atom is 0.416 e. The molecule has 2 fully saturated rings. The average molecular weight is 365 g/mol. The van der Waals surface area contributed by atoms with Crippen molar-refractivity contribution < 1.29 is 21.6 Å². The quantitative estimate of drug-likeness (QED) is 0.733. The van der Waals surface area contributed by atoms with Gasteiger partial charge in [0.05, 0.1) is 10.5 Å². The molecule has 1 aromatic rings. The van der Waals surface area contributed by atoms with Crippen molar-refractivity contribution in [3.8, 4) is 0 Å². The predicted octanol–water partition coefficient (Wildman–Crippen LogP) is 4.31. The summed E-state index contributed by atoms with van der Waals surface area (Å²) in [5.74, 6) is 1.11. The van der Waals surface area contributed by atoms with Gasteiger partial charge < -0.3 is 0 Å². The monoisotopic (exact) mass is 365 g/mol. The summed E-state index contributed by atoms with van der Waals surface area (Å²) < 4.78 is 65.0. The molecule has 1 aliphatic heterocycles. The third kappa shape index (κ3) is 3.39. The SMILES string of the molecule is O=S(=O)(c1ccc(C(F)(F)F)cc1)N1SCCC2CCCCC21. The Bertz CT molecular complexity index is 656. The van der Waals surface area contributed by atoms with Crippen molar-refractivity contribution in [3.63, 3.8) is 0 Å². The Morgan fingerprint density at radius 3 is 2.35 bits per heavy atom. The largest absolute Gasteiger partial charge is 0.416 e. The first-order chi connectivity index (χ1) is 10.8. The lowest BCUT2D eigenvalue weighted by Crippen LogP contribution is -2.45. The smallest absolute Gasteiger partial charge is 0.206 e. The van der Waals surface area contributed by atoms with Crippen LogP contribution in [0, 0.1) is 5.92 Å². The van der Waals surface area contributed by atoms with Crippen LogP contribution in [0.4, 0.5) is 13.2 Å². The van der Waals surface area contributed by atoms with Crippen molar-refractivity contribution in [1.82, 2.24) is 3.71 Å². The summed E-state index contributed by atoms with van der Waals surface area (Å²) >= 11 is 1.28. The normalized spacial score (nSPS) is 26.7. The van der Waals surface area contributed by atoms with E-state index in [2.05, 4.69) is 0 Å². The fourth-order valence-corrected chi connectivity index (χ4v) is 6.78. The second-order valence-electron chi connectivity index (χ2n) is 6.02. The zero-order chi connectivity index (χ0) is 16.7. The van der Waals surface area contributed by atoms with Crippen molar-refractivity contribution in [2.24, 2.45) is 5.92 Å². The first kappa shape index (κ1) is 17.1. The molecule has 23 heavy (non-hydrogen) atoms. The second-order valence-corrected chi connectivity index (χ2v) is 9.12. The van der Waals surface area contributed by atoms with Gasteiger partial charge in [-0.15, -0.1) is 3.71 Å². The highest BCUT2D eigenvalue weighted by Crippen LogP contribution is 2.42. The van der Waals surface area contributed by atoms with E-state index in [-0.39, 0.29) is 10.9 Å². The van der Waals surface area contributed by atoms with Gasteiger partial charge >= 0.3 is 6.18 Å². The molecular weight excluding hydrogens is 347 g/mol. The van der Waals surface area contributed by atoms with Crippen LogP contribution in [-0.4, -0.2) is 23.9 Å². The van der Waals surface area contributed by atoms with E-state index < -0.39 is 21.8 Å². The molecule has 3 rings (SSSR count). The maximum absolute atomic E-state index is 12.8. The Balaban J connectivity index is 1.88. The fourth-order valence-electron chi connectivity index (χ4n) is 3.36. The standard InChI is InChI=1S/C15H18F3NO2S2/c16-15(17,18)12-5-7-13(8-6-12)23(20,21)19-14-4-2-1-3-11(14)9-10-22-19/h5-8,11,14H,1-4,9-10H2. The molecule has 2 atom stereocenters. The van der Waals surface area contributed by atoms with Gasteiger partial charge in [0.1, 0.15) is 0 Å². The lowest BCUT2D eigenvalue weighted by molar-refractivity contribution is -0.137. The fraction of sp³-hybridized carbons (Fsp3) is 0.600. The van der Waals surface area contributed by atoms with Gasteiger partial charge in [-0.2, -0.15) is 13.2 Å². The van der Waals surface area contributed by atoms with Crippen molar-refractivity contribution in [1.29, 1.82) is 0 Å². The molecule has 1 aliphatic carbocycles. The Kier molecular flexibility index (Phi) is 4.68. The first-order valence-corrected chi connectivity index (χ1v) is 10.0. The molecule has 0 aromatic heterocycles. The summed E-state index contributed by atoms with van der Waals surface area (Å²) in [6, 6.07) is 3.76. The third-order valence-corrected chi connectivity index (χ3v) is 8.02. The predicted molar refractivity (Wildman–Crippen MR) is 83.3 cm³/mol. The molecule has 2 unspecified atom stereocenters. The minimum absolute atomic E-state index is 0.0326. The minimum atomic E-state index is -4.46. The number of hydrogen-bond donors (Lipinski definition) is 0. The van der Waals surface area contributed by atoms with Crippen molar-refractivity contribution >= 4 is 22.0 Å². The number of hydrogen-bond acceptors (Lipinski definition) is 3. The molecule has 1 saturated heterocycles. The van der Waals surface area contributed by atoms with Crippen molar-refractivity contribution in [2.45, 2.75) is 49.2 Å². The molecule has 0 radical (unpaired) electrons. The second kappa shape index (κ2) is 6.29. The molecule has 128 valence electrons. The molecule has 0 spiro atoms. The topological polar surface area (TPSA) is 37.4 Å². The zero-order valence-electron chi connectivity index (χ0n) is 12.4. The van der Waals surface area contributed by atoms with E-state index in [0.717, 1.165) is 62.1 Å². The molecule has 1 saturated carbocycles. The molecule has 0 amide bonds. The summed E-state index contributed by atoms with van der Waals surface area (Å²) in [7, 11) is -3.77. The van der Waals surface area contributed by atoms with E-state index in [0.29, 0.717) is 5.92 Å². The van der Waals surface area contributed by atoms with E-state index >= 15 is 0 Å². The summed E-state index contributed by atoms with van der Waals surface area (Å²) in [4.78, 5) is -0.0655. The van der Waals surface area contributed by atoms with Crippen LogP contribution in [0.15, 0.2) is 29.2 Å². The number of fused-ring (bicyclic) bond motifs is 1. The van der Waals surface area contributed by atoms with Crippen LogP contribution in [-0.2, 0) is 16.2 Å². The highest BCUT2D eigenvalue weighted by atomic mass is 32.3. The van der Waals surface area contributed by atoms with E-state index in [1.165, 1.54) is 15.7 Å². The van der Waals surface area contributed by atoms with Gasteiger partial charge in [-0.25, -0.2) is 8.42 Å².